The predicted molar refractivity (Wildman–Crippen MR) is 276 cm³/mol. The molecule has 0 fully saturated rings. The molecule has 8 aromatic carbocycles. The van der Waals surface area contributed by atoms with Gasteiger partial charge < -0.3 is 9.80 Å². The fraction of sp³-hybridized carbons (Fsp3) is 0.0645. The Bertz CT molecular complexity index is 2990. The molecule has 2 heteroatoms. The summed E-state index contributed by atoms with van der Waals surface area (Å²) in [5, 5.41) is 0. The molecule has 0 radical (unpaired) electrons. The molecule has 1 aliphatic carbocycles. The largest absolute Gasteiger partial charge is 0.310 e. The second-order valence-corrected chi connectivity index (χ2v) is 16.3. The van der Waals surface area contributed by atoms with Crippen LogP contribution in [0.3, 0.4) is 0 Å². The van der Waals surface area contributed by atoms with Crippen molar-refractivity contribution in [3.63, 3.8) is 0 Å². The van der Waals surface area contributed by atoms with Gasteiger partial charge in [-0.2, -0.15) is 0 Å². The minimum absolute atomic E-state index is 0.153. The van der Waals surface area contributed by atoms with Gasteiger partial charge in [-0.05, 0) is 100.0 Å². The minimum Gasteiger partial charge on any atom is -0.310 e. The van der Waals surface area contributed by atoms with Gasteiger partial charge in [0.2, 0.25) is 0 Å². The molecule has 2 nitrogen and oxygen atoms in total. The topological polar surface area (TPSA) is 6.48 Å². The number of allylic oxidation sites excluding steroid dienone is 6. The Labute approximate surface area is 379 Å². The number of hydrogen-bond acceptors (Lipinski definition) is 2. The second kappa shape index (κ2) is 19.0. The van der Waals surface area contributed by atoms with E-state index in [0.29, 0.717) is 0 Å². The Morgan fingerprint density at radius 2 is 1.00 bits per heavy atom. The van der Waals surface area contributed by atoms with Crippen LogP contribution in [0.5, 0.6) is 0 Å². The van der Waals surface area contributed by atoms with Crippen LogP contribution in [0.4, 0.5) is 28.4 Å². The predicted octanol–water partition coefficient (Wildman–Crippen LogP) is 17.3. The molecule has 1 unspecified atom stereocenters. The number of para-hydroxylation sites is 4. The van der Waals surface area contributed by atoms with Crippen LogP contribution in [-0.2, 0) is 5.41 Å². The lowest BCUT2D eigenvalue weighted by Crippen LogP contribution is -2.20. The average molecular weight is 825 g/mol. The second-order valence-electron chi connectivity index (χ2n) is 16.3. The van der Waals surface area contributed by atoms with Gasteiger partial charge >= 0.3 is 0 Å². The summed E-state index contributed by atoms with van der Waals surface area (Å²) >= 11 is 0. The number of benzene rings is 8. The van der Waals surface area contributed by atoms with E-state index < -0.39 is 0 Å². The molecule has 9 rings (SSSR count). The summed E-state index contributed by atoms with van der Waals surface area (Å²) in [6, 6.07) is 74.1. The third-order valence-corrected chi connectivity index (χ3v) is 12.4. The van der Waals surface area contributed by atoms with Gasteiger partial charge in [-0.25, -0.2) is 0 Å². The smallest absolute Gasteiger partial charge is 0.0540 e. The van der Waals surface area contributed by atoms with Crippen LogP contribution >= 0.6 is 0 Å². The lowest BCUT2D eigenvalue weighted by atomic mass is 9.77. The van der Waals surface area contributed by atoms with E-state index in [1.165, 1.54) is 22.3 Å². The lowest BCUT2D eigenvalue weighted by Gasteiger charge is -2.30. The number of anilines is 5. The Kier molecular flexibility index (Phi) is 12.3. The molecule has 0 saturated heterocycles. The summed E-state index contributed by atoms with van der Waals surface area (Å²) in [7, 11) is 0. The summed E-state index contributed by atoms with van der Waals surface area (Å²) in [5.41, 5.74) is 17.0. The zero-order valence-corrected chi connectivity index (χ0v) is 36.6. The van der Waals surface area contributed by atoms with Crippen LogP contribution in [0.25, 0.3) is 45.5 Å². The van der Waals surface area contributed by atoms with Gasteiger partial charge in [0, 0.05) is 33.6 Å². The first-order chi connectivity index (χ1) is 31.5. The Hall–Kier alpha value is -7.94. The van der Waals surface area contributed by atoms with Crippen LogP contribution in [0.1, 0.15) is 37.0 Å². The molecule has 0 bridgehead atoms. The van der Waals surface area contributed by atoms with E-state index in [2.05, 4.69) is 273 Å². The van der Waals surface area contributed by atoms with Gasteiger partial charge in [-0.1, -0.05) is 221 Å². The van der Waals surface area contributed by atoms with E-state index in [1.807, 2.05) is 12.2 Å². The van der Waals surface area contributed by atoms with E-state index in [9.17, 15) is 0 Å². The molecule has 1 aliphatic rings. The van der Waals surface area contributed by atoms with Crippen LogP contribution in [0.15, 0.2) is 255 Å². The van der Waals surface area contributed by atoms with Gasteiger partial charge in [0.15, 0.2) is 0 Å². The van der Waals surface area contributed by atoms with Crippen LogP contribution in [0.2, 0.25) is 0 Å². The van der Waals surface area contributed by atoms with Crippen molar-refractivity contribution in [3.05, 3.63) is 272 Å². The van der Waals surface area contributed by atoms with Crippen molar-refractivity contribution >= 4 is 40.6 Å². The normalized spacial score (nSPS) is 16.3. The van der Waals surface area contributed by atoms with Crippen molar-refractivity contribution in [1.82, 2.24) is 0 Å². The first kappa shape index (κ1) is 41.4. The molecule has 1 atom stereocenters. The number of hydrogen-bond donors (Lipinski definition) is 0. The van der Waals surface area contributed by atoms with Crippen LogP contribution in [-0.4, -0.2) is 0 Å². The highest BCUT2D eigenvalue weighted by atomic mass is 15.2. The zero-order valence-electron chi connectivity index (χ0n) is 36.6. The molecule has 64 heavy (non-hydrogen) atoms. The summed E-state index contributed by atoms with van der Waals surface area (Å²) in [6.07, 6.45) is 18.3. The first-order valence-electron chi connectivity index (χ1n) is 22.2. The SMILES string of the molecule is C=C/C=C\c1ccccc1N(c1ccccc1)c1ccccc1-c1ccc(-c2ccccc2N(C2=C/C=C/c3ccccc3C(C)(CC)\C=C\2)c2ccc(-c3ccccc3)cc2)cc1. The maximum atomic E-state index is 3.93. The summed E-state index contributed by atoms with van der Waals surface area (Å²) in [4.78, 5) is 4.77. The Morgan fingerprint density at radius 3 is 1.66 bits per heavy atom. The van der Waals surface area contributed by atoms with E-state index in [0.717, 1.165) is 68.4 Å². The maximum absolute atomic E-state index is 3.93. The standard InChI is InChI=1S/C62H52N2/c1-4-6-22-52-26-14-18-34-59(52)64(53-28-11-8-12-29-53)61-36-20-16-32-57(61)50-39-37-49(38-40-50)56-31-15-19-35-60(56)63(55-43-41-48(42-44-55)47-23-9-7-10-24-47)54-30-21-27-51-25-13-17-33-58(51)62(3,5-2)46-45-54/h4,6-46H,1,5H2,2-3H3/b22-6-,27-21+,46-45+,54-30+. The molecule has 0 aromatic heterocycles. The van der Waals surface area contributed by atoms with Crippen molar-refractivity contribution < 1.29 is 0 Å². The third-order valence-electron chi connectivity index (χ3n) is 12.4. The molecule has 0 saturated carbocycles. The third kappa shape index (κ3) is 8.60. The van der Waals surface area contributed by atoms with Crippen molar-refractivity contribution in [2.45, 2.75) is 25.7 Å². The summed E-state index contributed by atoms with van der Waals surface area (Å²) < 4.78 is 0. The molecule has 0 N–H and O–H groups in total. The molecule has 8 aromatic rings. The number of rotatable bonds is 12. The van der Waals surface area contributed by atoms with Crippen molar-refractivity contribution in [2.24, 2.45) is 0 Å². The van der Waals surface area contributed by atoms with Gasteiger partial charge in [-0.3, -0.25) is 0 Å². The van der Waals surface area contributed by atoms with Gasteiger partial charge in [0.25, 0.3) is 0 Å². The molecule has 0 aliphatic heterocycles. The highest BCUT2D eigenvalue weighted by molar-refractivity contribution is 5.92. The molecule has 0 heterocycles. The quantitative estimate of drug-likeness (QED) is 0.113. The fourth-order valence-electron chi connectivity index (χ4n) is 8.79. The minimum atomic E-state index is -0.153. The van der Waals surface area contributed by atoms with E-state index in [4.69, 9.17) is 0 Å². The highest BCUT2D eigenvalue weighted by Crippen LogP contribution is 2.44. The average Bonchev–Trinajstić information content (AvgIpc) is 3.43. The molecule has 0 amide bonds. The van der Waals surface area contributed by atoms with Gasteiger partial charge in [0.05, 0.1) is 17.1 Å². The van der Waals surface area contributed by atoms with Gasteiger partial charge in [0.1, 0.15) is 0 Å². The van der Waals surface area contributed by atoms with E-state index in [-0.39, 0.29) is 5.41 Å². The fourth-order valence-corrected chi connectivity index (χ4v) is 8.79. The molecular formula is C62H52N2. The van der Waals surface area contributed by atoms with Crippen molar-refractivity contribution in [1.29, 1.82) is 0 Å². The van der Waals surface area contributed by atoms with Crippen molar-refractivity contribution in [2.75, 3.05) is 9.80 Å². The zero-order chi connectivity index (χ0) is 43.7. The summed E-state index contributed by atoms with van der Waals surface area (Å²) in [5.74, 6) is 0. The number of fused-ring (bicyclic) bond motifs is 1. The Balaban J connectivity index is 1.15. The highest BCUT2D eigenvalue weighted by Gasteiger charge is 2.26. The Morgan fingerprint density at radius 1 is 0.484 bits per heavy atom. The summed E-state index contributed by atoms with van der Waals surface area (Å²) in [6.45, 7) is 8.56. The van der Waals surface area contributed by atoms with Crippen molar-refractivity contribution in [3.8, 4) is 33.4 Å². The maximum Gasteiger partial charge on any atom is 0.0540 e. The number of nitrogens with zero attached hydrogens (tertiary/aromatic N) is 2. The molecule has 0 spiro atoms. The monoisotopic (exact) mass is 824 g/mol. The van der Waals surface area contributed by atoms with E-state index >= 15 is 0 Å². The molecule has 310 valence electrons. The first-order valence-corrected chi connectivity index (χ1v) is 22.2. The lowest BCUT2D eigenvalue weighted by molar-refractivity contribution is 0.571. The van der Waals surface area contributed by atoms with Gasteiger partial charge in [-0.15, -0.1) is 0 Å². The molecular weight excluding hydrogens is 773 g/mol. The van der Waals surface area contributed by atoms with Crippen LogP contribution < -0.4 is 9.80 Å². The van der Waals surface area contributed by atoms with Crippen LogP contribution in [0, 0.1) is 0 Å². The van der Waals surface area contributed by atoms with E-state index in [1.54, 1.807) is 0 Å².